The number of hydrogen-bond acceptors (Lipinski definition) is 6. The third-order valence-electron chi connectivity index (χ3n) is 4.23. The standard InChI is InChI=1S/C19H18N2O6S/c1-11-18(13-5-3-4-6-15(13)21-11)16(22)10-27-19(23)14-9-12(28(20,24)25)7-8-17(14)26-2/h3-9,21H,10H2,1-2H3,(H2,20,24,25). The van der Waals surface area contributed by atoms with E-state index in [0.29, 0.717) is 11.3 Å². The highest BCUT2D eigenvalue weighted by atomic mass is 32.2. The normalized spacial score (nSPS) is 11.4. The van der Waals surface area contributed by atoms with Crippen LogP contribution in [0.5, 0.6) is 5.75 Å². The van der Waals surface area contributed by atoms with Crippen LogP contribution in [0.4, 0.5) is 0 Å². The van der Waals surface area contributed by atoms with E-state index in [1.54, 1.807) is 13.0 Å². The SMILES string of the molecule is COc1ccc(S(N)(=O)=O)cc1C(=O)OCC(=O)c1c(C)[nH]c2ccccc12. The molecule has 146 valence electrons. The molecule has 0 radical (unpaired) electrons. The number of nitrogens with two attached hydrogens (primary N) is 1. The topological polar surface area (TPSA) is 129 Å². The predicted octanol–water partition coefficient (Wildman–Crippen LogP) is 2.17. The van der Waals surface area contributed by atoms with E-state index >= 15 is 0 Å². The first-order chi connectivity index (χ1) is 13.2. The summed E-state index contributed by atoms with van der Waals surface area (Å²) in [7, 11) is -2.69. The highest BCUT2D eigenvalue weighted by Gasteiger charge is 2.21. The van der Waals surface area contributed by atoms with Crippen molar-refractivity contribution in [3.63, 3.8) is 0 Å². The Bertz CT molecular complexity index is 1180. The minimum absolute atomic E-state index is 0.105. The summed E-state index contributed by atoms with van der Waals surface area (Å²) in [6, 6.07) is 10.9. The fourth-order valence-corrected chi connectivity index (χ4v) is 3.48. The molecule has 3 N–H and O–H groups in total. The summed E-state index contributed by atoms with van der Waals surface area (Å²) in [6.07, 6.45) is 0. The van der Waals surface area contributed by atoms with Crippen LogP contribution in [0.1, 0.15) is 26.4 Å². The van der Waals surface area contributed by atoms with E-state index in [1.165, 1.54) is 19.2 Å². The zero-order valence-corrected chi connectivity index (χ0v) is 16.0. The Kier molecular flexibility index (Phi) is 5.21. The number of esters is 1. The smallest absolute Gasteiger partial charge is 0.342 e. The summed E-state index contributed by atoms with van der Waals surface area (Å²) in [5, 5.41) is 5.83. The van der Waals surface area contributed by atoms with Gasteiger partial charge in [-0.15, -0.1) is 0 Å². The van der Waals surface area contributed by atoms with Crippen molar-refractivity contribution in [1.82, 2.24) is 4.98 Å². The van der Waals surface area contributed by atoms with Crippen molar-refractivity contribution in [2.45, 2.75) is 11.8 Å². The van der Waals surface area contributed by atoms with Gasteiger partial charge < -0.3 is 14.5 Å². The molecule has 0 aliphatic rings. The average molecular weight is 402 g/mol. The number of Topliss-reactive ketones (excluding diaryl/α,β-unsaturated/α-hetero) is 1. The van der Waals surface area contributed by atoms with Gasteiger partial charge in [-0.2, -0.15) is 0 Å². The lowest BCUT2D eigenvalue weighted by molar-refractivity contribution is 0.0471. The maximum atomic E-state index is 12.6. The van der Waals surface area contributed by atoms with Gasteiger partial charge in [0.05, 0.1) is 12.0 Å². The number of ether oxygens (including phenoxy) is 2. The molecule has 1 aromatic heterocycles. The second-order valence-corrected chi connectivity index (χ2v) is 7.64. The summed E-state index contributed by atoms with van der Waals surface area (Å²) < 4.78 is 33.2. The van der Waals surface area contributed by atoms with Crippen molar-refractivity contribution in [1.29, 1.82) is 0 Å². The third kappa shape index (κ3) is 3.75. The van der Waals surface area contributed by atoms with Gasteiger partial charge in [0.1, 0.15) is 11.3 Å². The van der Waals surface area contributed by atoms with Crippen molar-refractivity contribution >= 4 is 32.7 Å². The first-order valence-corrected chi connectivity index (χ1v) is 9.75. The molecule has 0 aliphatic carbocycles. The monoisotopic (exact) mass is 402 g/mol. The molecule has 28 heavy (non-hydrogen) atoms. The third-order valence-corrected chi connectivity index (χ3v) is 5.14. The number of methoxy groups -OCH3 is 1. The number of benzene rings is 2. The molecule has 0 bridgehead atoms. The van der Waals surface area contributed by atoms with Crippen LogP contribution in [-0.4, -0.2) is 38.9 Å². The molecule has 8 nitrogen and oxygen atoms in total. The first kappa shape index (κ1) is 19.6. The number of ketones is 1. The van der Waals surface area contributed by atoms with Gasteiger partial charge in [-0.3, -0.25) is 4.79 Å². The lowest BCUT2D eigenvalue weighted by Gasteiger charge is -2.10. The highest BCUT2D eigenvalue weighted by Crippen LogP contribution is 2.24. The Morgan fingerprint density at radius 1 is 1.14 bits per heavy atom. The average Bonchev–Trinajstić information content (AvgIpc) is 3.00. The Morgan fingerprint density at radius 3 is 2.54 bits per heavy atom. The van der Waals surface area contributed by atoms with E-state index in [9.17, 15) is 18.0 Å². The molecule has 0 saturated heterocycles. The van der Waals surface area contributed by atoms with Gasteiger partial charge in [0.2, 0.25) is 15.8 Å². The largest absolute Gasteiger partial charge is 0.496 e. The van der Waals surface area contributed by atoms with Crippen LogP contribution in [0, 0.1) is 6.92 Å². The maximum absolute atomic E-state index is 12.6. The van der Waals surface area contributed by atoms with Gasteiger partial charge >= 0.3 is 5.97 Å². The lowest BCUT2D eigenvalue weighted by Crippen LogP contribution is -2.17. The minimum Gasteiger partial charge on any atom is -0.496 e. The van der Waals surface area contributed by atoms with Crippen molar-refractivity contribution in [2.24, 2.45) is 5.14 Å². The van der Waals surface area contributed by atoms with E-state index in [1.807, 2.05) is 18.2 Å². The summed E-state index contributed by atoms with van der Waals surface area (Å²) >= 11 is 0. The van der Waals surface area contributed by atoms with Crippen LogP contribution in [0.25, 0.3) is 10.9 Å². The van der Waals surface area contributed by atoms with E-state index in [0.717, 1.165) is 17.0 Å². The number of aryl methyl sites for hydroxylation is 1. The molecule has 0 aliphatic heterocycles. The number of para-hydroxylation sites is 1. The minimum atomic E-state index is -4.01. The zero-order chi connectivity index (χ0) is 20.5. The van der Waals surface area contributed by atoms with Gasteiger partial charge in [0, 0.05) is 22.2 Å². The maximum Gasteiger partial charge on any atom is 0.342 e. The molecule has 3 aromatic rings. The second-order valence-electron chi connectivity index (χ2n) is 6.08. The van der Waals surface area contributed by atoms with Gasteiger partial charge in [-0.25, -0.2) is 18.4 Å². The van der Waals surface area contributed by atoms with Crippen LogP contribution in [-0.2, 0) is 14.8 Å². The van der Waals surface area contributed by atoms with E-state index < -0.39 is 22.6 Å². The van der Waals surface area contributed by atoms with Gasteiger partial charge in [0.25, 0.3) is 0 Å². The Hall–Kier alpha value is -3.17. The van der Waals surface area contributed by atoms with Crippen molar-refractivity contribution < 1.29 is 27.5 Å². The molecular formula is C19H18N2O6S. The molecule has 0 saturated carbocycles. The molecule has 3 rings (SSSR count). The molecule has 0 fully saturated rings. The number of primary sulfonamides is 1. The quantitative estimate of drug-likeness (QED) is 0.480. The van der Waals surface area contributed by atoms with Crippen LogP contribution in [0.3, 0.4) is 0 Å². The van der Waals surface area contributed by atoms with Crippen molar-refractivity contribution in [3.8, 4) is 5.75 Å². The van der Waals surface area contributed by atoms with E-state index in [2.05, 4.69) is 4.98 Å². The van der Waals surface area contributed by atoms with Gasteiger partial charge in [-0.05, 0) is 31.2 Å². The van der Waals surface area contributed by atoms with Crippen molar-refractivity contribution in [3.05, 3.63) is 59.3 Å². The molecular weight excluding hydrogens is 384 g/mol. The number of nitrogens with one attached hydrogen (secondary N) is 1. The zero-order valence-electron chi connectivity index (χ0n) is 15.2. The van der Waals surface area contributed by atoms with Crippen LogP contribution in [0.2, 0.25) is 0 Å². The Morgan fingerprint density at radius 2 is 1.86 bits per heavy atom. The fourth-order valence-electron chi connectivity index (χ4n) is 2.94. The molecule has 0 atom stereocenters. The number of carbonyl (C=O) groups is 2. The Labute approximate surface area is 161 Å². The first-order valence-electron chi connectivity index (χ1n) is 8.21. The van der Waals surface area contributed by atoms with Crippen LogP contribution >= 0.6 is 0 Å². The molecule has 0 amide bonds. The second kappa shape index (κ2) is 7.45. The Balaban J connectivity index is 1.84. The fraction of sp³-hybridized carbons (Fsp3) is 0.158. The van der Waals surface area contributed by atoms with Crippen LogP contribution < -0.4 is 9.88 Å². The molecule has 0 unspecified atom stereocenters. The van der Waals surface area contributed by atoms with Gasteiger partial charge in [0.15, 0.2) is 6.61 Å². The molecule has 2 aromatic carbocycles. The number of fused-ring (bicyclic) bond motifs is 1. The number of H-pyrrole nitrogens is 1. The van der Waals surface area contributed by atoms with E-state index in [4.69, 9.17) is 14.6 Å². The predicted molar refractivity (Wildman–Crippen MR) is 102 cm³/mol. The van der Waals surface area contributed by atoms with E-state index in [-0.39, 0.29) is 22.0 Å². The molecule has 1 heterocycles. The number of aromatic nitrogens is 1. The number of hydrogen-bond donors (Lipinski definition) is 2. The molecule has 0 spiro atoms. The number of carbonyl (C=O) groups excluding carboxylic acids is 2. The van der Waals surface area contributed by atoms with Gasteiger partial charge in [-0.1, -0.05) is 18.2 Å². The van der Waals surface area contributed by atoms with Crippen molar-refractivity contribution in [2.75, 3.05) is 13.7 Å². The number of sulfonamides is 1. The number of rotatable bonds is 6. The summed E-state index contributed by atoms with van der Waals surface area (Å²) in [6.45, 7) is 1.25. The summed E-state index contributed by atoms with van der Waals surface area (Å²) in [5.74, 6) is -1.17. The van der Waals surface area contributed by atoms with Crippen LogP contribution in [0.15, 0.2) is 47.4 Å². The summed E-state index contributed by atoms with van der Waals surface area (Å²) in [5.41, 5.74) is 1.76. The lowest BCUT2D eigenvalue weighted by atomic mass is 10.1. The molecule has 9 heteroatoms. The highest BCUT2D eigenvalue weighted by molar-refractivity contribution is 7.89. The summed E-state index contributed by atoms with van der Waals surface area (Å²) in [4.78, 5) is 27.9. The number of aromatic amines is 1.